The maximum Gasteiger partial charge on any atom is 0.311 e. The molecular weight excluding hydrogens is 294 g/mol. The van der Waals surface area contributed by atoms with Crippen LogP contribution in [0.1, 0.15) is 0 Å². The number of ether oxygens (including phenoxy) is 1. The molecule has 0 atom stereocenters. The number of nitro groups is 1. The number of hydrogen-bond donors (Lipinski definition) is 0. The summed E-state index contributed by atoms with van der Waals surface area (Å²) in [7, 11) is 1.46. The van der Waals surface area contributed by atoms with Gasteiger partial charge in [0.25, 0.3) is 0 Å². The predicted molar refractivity (Wildman–Crippen MR) is 90.5 cm³/mol. The Morgan fingerprint density at radius 1 is 0.957 bits per heavy atom. The summed E-state index contributed by atoms with van der Waals surface area (Å²) in [4.78, 5) is 15.1. The molecule has 6 nitrogen and oxygen atoms in total. The first-order chi connectivity index (χ1) is 11.2. The van der Waals surface area contributed by atoms with Crippen molar-refractivity contribution in [2.45, 2.75) is 0 Å². The third-order valence-corrected chi connectivity index (χ3v) is 4.13. The van der Waals surface area contributed by atoms with Crippen LogP contribution in [0.2, 0.25) is 0 Å². The van der Waals surface area contributed by atoms with Crippen molar-refractivity contribution in [1.29, 1.82) is 0 Å². The first-order valence-corrected chi connectivity index (χ1v) is 7.56. The first-order valence-electron chi connectivity index (χ1n) is 7.56. The average molecular weight is 313 g/mol. The molecular formula is C17H19N3O3. The zero-order valence-corrected chi connectivity index (χ0v) is 13.0. The SMILES string of the molecule is COc1cc(N2CCN(c3ccccc3)CC2)ccc1[N+](=O)[O-]. The van der Waals surface area contributed by atoms with E-state index in [1.165, 1.54) is 18.9 Å². The van der Waals surface area contributed by atoms with Crippen molar-refractivity contribution in [1.82, 2.24) is 0 Å². The molecule has 1 fully saturated rings. The van der Waals surface area contributed by atoms with Gasteiger partial charge in [0.1, 0.15) is 0 Å². The highest BCUT2D eigenvalue weighted by molar-refractivity contribution is 5.60. The highest BCUT2D eigenvalue weighted by Gasteiger charge is 2.21. The van der Waals surface area contributed by atoms with Gasteiger partial charge in [-0.2, -0.15) is 0 Å². The summed E-state index contributed by atoms with van der Waals surface area (Å²) in [6.45, 7) is 3.58. The summed E-state index contributed by atoms with van der Waals surface area (Å²) in [6, 6.07) is 15.4. The Balaban J connectivity index is 1.71. The van der Waals surface area contributed by atoms with Crippen LogP contribution < -0.4 is 14.5 Å². The fourth-order valence-corrected chi connectivity index (χ4v) is 2.88. The van der Waals surface area contributed by atoms with Crippen molar-refractivity contribution in [2.24, 2.45) is 0 Å². The second-order valence-electron chi connectivity index (χ2n) is 5.42. The molecule has 0 saturated carbocycles. The summed E-state index contributed by atoms with van der Waals surface area (Å²) in [5, 5.41) is 11.0. The molecule has 0 aliphatic carbocycles. The van der Waals surface area contributed by atoms with Gasteiger partial charge in [0.2, 0.25) is 0 Å². The van der Waals surface area contributed by atoms with E-state index in [2.05, 4.69) is 21.9 Å². The van der Waals surface area contributed by atoms with E-state index in [0.29, 0.717) is 5.75 Å². The van der Waals surface area contributed by atoms with Crippen LogP contribution in [-0.2, 0) is 0 Å². The summed E-state index contributed by atoms with van der Waals surface area (Å²) < 4.78 is 5.15. The molecule has 2 aromatic carbocycles. The van der Waals surface area contributed by atoms with Crippen LogP contribution in [0.4, 0.5) is 17.1 Å². The van der Waals surface area contributed by atoms with Gasteiger partial charge in [-0.3, -0.25) is 10.1 Å². The minimum absolute atomic E-state index is 0.000767. The van der Waals surface area contributed by atoms with Gasteiger partial charge in [-0.25, -0.2) is 0 Å². The lowest BCUT2D eigenvalue weighted by atomic mass is 10.2. The Morgan fingerprint density at radius 3 is 2.13 bits per heavy atom. The molecule has 0 aromatic heterocycles. The number of anilines is 2. The van der Waals surface area contributed by atoms with Gasteiger partial charge in [0, 0.05) is 49.7 Å². The van der Waals surface area contributed by atoms with E-state index in [9.17, 15) is 10.1 Å². The van der Waals surface area contributed by atoms with Crippen LogP contribution in [0.25, 0.3) is 0 Å². The lowest BCUT2D eigenvalue weighted by Gasteiger charge is -2.37. The highest BCUT2D eigenvalue weighted by Crippen LogP contribution is 2.32. The molecule has 2 aromatic rings. The van der Waals surface area contributed by atoms with E-state index >= 15 is 0 Å². The Kier molecular flexibility index (Phi) is 4.32. The molecule has 0 amide bonds. The first kappa shape index (κ1) is 15.1. The van der Waals surface area contributed by atoms with E-state index in [-0.39, 0.29) is 5.69 Å². The molecule has 120 valence electrons. The largest absolute Gasteiger partial charge is 0.490 e. The van der Waals surface area contributed by atoms with Crippen LogP contribution in [0.3, 0.4) is 0 Å². The second-order valence-corrected chi connectivity index (χ2v) is 5.42. The Hall–Kier alpha value is -2.76. The van der Waals surface area contributed by atoms with E-state index in [4.69, 9.17) is 4.74 Å². The van der Waals surface area contributed by atoms with Crippen LogP contribution >= 0.6 is 0 Å². The zero-order valence-electron chi connectivity index (χ0n) is 13.0. The molecule has 6 heteroatoms. The number of para-hydroxylation sites is 1. The van der Waals surface area contributed by atoms with Crippen molar-refractivity contribution in [3.8, 4) is 5.75 Å². The van der Waals surface area contributed by atoms with Crippen molar-refractivity contribution in [3.63, 3.8) is 0 Å². The molecule has 0 unspecified atom stereocenters. The number of nitro benzene ring substituents is 1. The molecule has 1 heterocycles. The second kappa shape index (κ2) is 6.56. The van der Waals surface area contributed by atoms with E-state index in [1.807, 2.05) is 18.2 Å². The smallest absolute Gasteiger partial charge is 0.311 e. The number of nitrogens with zero attached hydrogens (tertiary/aromatic N) is 3. The maximum absolute atomic E-state index is 11.0. The minimum Gasteiger partial charge on any atom is -0.490 e. The lowest BCUT2D eigenvalue weighted by molar-refractivity contribution is -0.385. The highest BCUT2D eigenvalue weighted by atomic mass is 16.6. The van der Waals surface area contributed by atoms with Gasteiger partial charge in [-0.1, -0.05) is 18.2 Å². The number of methoxy groups -OCH3 is 1. The Labute approximate surface area is 135 Å². The van der Waals surface area contributed by atoms with Crippen molar-refractivity contribution in [3.05, 3.63) is 58.6 Å². The summed E-state index contributed by atoms with van der Waals surface area (Å²) >= 11 is 0. The minimum atomic E-state index is -0.421. The quantitative estimate of drug-likeness (QED) is 0.641. The number of rotatable bonds is 4. The molecule has 1 saturated heterocycles. The third kappa shape index (κ3) is 3.21. The van der Waals surface area contributed by atoms with Crippen molar-refractivity contribution >= 4 is 17.1 Å². The van der Waals surface area contributed by atoms with Gasteiger partial charge in [-0.15, -0.1) is 0 Å². The van der Waals surface area contributed by atoms with Crippen LogP contribution in [-0.4, -0.2) is 38.2 Å². The van der Waals surface area contributed by atoms with Gasteiger partial charge in [0.15, 0.2) is 5.75 Å². The fourth-order valence-electron chi connectivity index (χ4n) is 2.88. The summed E-state index contributed by atoms with van der Waals surface area (Å²) in [5.74, 6) is 0.304. The van der Waals surface area contributed by atoms with Crippen LogP contribution in [0.15, 0.2) is 48.5 Å². The van der Waals surface area contributed by atoms with Crippen molar-refractivity contribution < 1.29 is 9.66 Å². The summed E-state index contributed by atoms with van der Waals surface area (Å²) in [6.07, 6.45) is 0. The molecule has 0 bridgehead atoms. The molecule has 0 radical (unpaired) electrons. The molecule has 23 heavy (non-hydrogen) atoms. The van der Waals surface area contributed by atoms with E-state index < -0.39 is 4.92 Å². The molecule has 0 spiro atoms. The van der Waals surface area contributed by atoms with Crippen LogP contribution in [0, 0.1) is 10.1 Å². The van der Waals surface area contributed by atoms with Gasteiger partial charge < -0.3 is 14.5 Å². The van der Waals surface area contributed by atoms with Gasteiger partial charge in [0.05, 0.1) is 12.0 Å². The topological polar surface area (TPSA) is 58.8 Å². The fraction of sp³-hybridized carbons (Fsp3) is 0.294. The number of piperazine rings is 1. The Morgan fingerprint density at radius 2 is 1.57 bits per heavy atom. The lowest BCUT2D eigenvalue weighted by Crippen LogP contribution is -2.46. The van der Waals surface area contributed by atoms with E-state index in [0.717, 1.165) is 31.9 Å². The molecule has 1 aliphatic heterocycles. The standard InChI is InChI=1S/C17H19N3O3/c1-23-17-13-15(7-8-16(17)20(21)22)19-11-9-18(10-12-19)14-5-3-2-4-6-14/h2-8,13H,9-12H2,1H3. The third-order valence-electron chi connectivity index (χ3n) is 4.13. The Bertz CT molecular complexity index is 683. The zero-order chi connectivity index (χ0) is 16.2. The number of hydrogen-bond acceptors (Lipinski definition) is 5. The van der Waals surface area contributed by atoms with Crippen molar-refractivity contribution in [2.75, 3.05) is 43.1 Å². The molecule has 0 N–H and O–H groups in total. The van der Waals surface area contributed by atoms with Crippen LogP contribution in [0.5, 0.6) is 5.75 Å². The van der Waals surface area contributed by atoms with E-state index in [1.54, 1.807) is 12.1 Å². The monoisotopic (exact) mass is 313 g/mol. The average Bonchev–Trinajstić information content (AvgIpc) is 2.62. The normalized spacial score (nSPS) is 14.7. The van der Waals surface area contributed by atoms with Gasteiger partial charge >= 0.3 is 5.69 Å². The van der Waals surface area contributed by atoms with Gasteiger partial charge in [-0.05, 0) is 18.2 Å². The molecule has 1 aliphatic rings. The summed E-state index contributed by atoms with van der Waals surface area (Å²) in [5.41, 5.74) is 2.19. The number of benzene rings is 2. The predicted octanol–water partition coefficient (Wildman–Crippen LogP) is 2.93. The maximum atomic E-state index is 11.0. The molecule has 3 rings (SSSR count).